The van der Waals surface area contributed by atoms with Gasteiger partial charge in [-0.05, 0) is 13.0 Å². The van der Waals surface area contributed by atoms with Crippen LogP contribution in [-0.2, 0) is 0 Å². The molecule has 6 heteroatoms. The second-order valence-corrected chi connectivity index (χ2v) is 3.46. The summed E-state index contributed by atoms with van der Waals surface area (Å²) in [7, 11) is 0. The zero-order chi connectivity index (χ0) is 11.5. The highest BCUT2D eigenvalue weighted by Gasteiger charge is 2.10. The number of pyridine rings is 1. The van der Waals surface area contributed by atoms with E-state index in [4.69, 9.17) is 21.6 Å². The summed E-state index contributed by atoms with van der Waals surface area (Å²) in [6.07, 6.45) is 1.46. The van der Waals surface area contributed by atoms with Gasteiger partial charge in [-0.3, -0.25) is 5.10 Å². The zero-order valence-corrected chi connectivity index (χ0v) is 9.12. The van der Waals surface area contributed by atoms with Gasteiger partial charge in [0.05, 0.1) is 5.56 Å². The van der Waals surface area contributed by atoms with Crippen LogP contribution >= 0.6 is 11.6 Å². The number of nitriles is 1. The number of nitrogens with one attached hydrogen (secondary N) is 1. The number of H-pyrrole nitrogens is 1. The predicted octanol–water partition coefficient (Wildman–Crippen LogP) is 2.43. The third kappa shape index (κ3) is 1.97. The minimum Gasteiger partial charge on any atom is -0.417 e. The molecule has 0 bridgehead atoms. The molecule has 0 spiro atoms. The topological polar surface area (TPSA) is 74.6 Å². The van der Waals surface area contributed by atoms with Gasteiger partial charge in [0, 0.05) is 18.0 Å². The van der Waals surface area contributed by atoms with Crippen LogP contribution in [0.4, 0.5) is 0 Å². The predicted molar refractivity (Wildman–Crippen MR) is 57.4 cm³/mol. The molecule has 80 valence electrons. The molecule has 0 aliphatic rings. The van der Waals surface area contributed by atoms with Gasteiger partial charge in [-0.2, -0.15) is 5.26 Å². The first-order valence-electron chi connectivity index (χ1n) is 4.45. The van der Waals surface area contributed by atoms with Crippen molar-refractivity contribution in [3.63, 3.8) is 0 Å². The number of ether oxygens (including phenoxy) is 1. The van der Waals surface area contributed by atoms with Gasteiger partial charge in [-0.25, -0.2) is 4.98 Å². The van der Waals surface area contributed by atoms with Gasteiger partial charge in [0.25, 0.3) is 0 Å². The number of aryl methyl sites for hydroxylation is 1. The quantitative estimate of drug-likeness (QED) is 0.866. The molecule has 0 aliphatic heterocycles. The Balaban J connectivity index is 2.32. The van der Waals surface area contributed by atoms with E-state index in [0.717, 1.165) is 5.69 Å². The third-order valence-electron chi connectivity index (χ3n) is 1.86. The molecule has 1 N–H and O–H groups in total. The Morgan fingerprint density at radius 1 is 1.56 bits per heavy atom. The summed E-state index contributed by atoms with van der Waals surface area (Å²) in [6.45, 7) is 1.85. The Kier molecular flexibility index (Phi) is 2.75. The standard InChI is InChI=1S/C10H7ClN4O/c1-6-4-8(15-14-6)16-10-9(11)7(5-12)2-3-13-10/h2-4H,1H3,(H,14,15). The van der Waals surface area contributed by atoms with Crippen LogP contribution in [-0.4, -0.2) is 15.2 Å². The molecule has 16 heavy (non-hydrogen) atoms. The molecule has 2 heterocycles. The van der Waals surface area contributed by atoms with Crippen LogP contribution in [0, 0.1) is 18.3 Å². The highest BCUT2D eigenvalue weighted by molar-refractivity contribution is 6.33. The lowest BCUT2D eigenvalue weighted by Crippen LogP contribution is -1.91. The number of nitrogens with zero attached hydrogens (tertiary/aromatic N) is 3. The van der Waals surface area contributed by atoms with Crippen molar-refractivity contribution in [3.05, 3.63) is 34.6 Å². The number of halogens is 1. The largest absolute Gasteiger partial charge is 0.417 e. The van der Waals surface area contributed by atoms with Crippen molar-refractivity contribution in [1.82, 2.24) is 15.2 Å². The molecule has 0 radical (unpaired) electrons. The lowest BCUT2D eigenvalue weighted by atomic mass is 10.3. The first-order valence-corrected chi connectivity index (χ1v) is 4.83. The molecule has 2 rings (SSSR count). The third-order valence-corrected chi connectivity index (χ3v) is 2.23. The monoisotopic (exact) mass is 234 g/mol. The van der Waals surface area contributed by atoms with Crippen molar-refractivity contribution in [1.29, 1.82) is 5.26 Å². The van der Waals surface area contributed by atoms with E-state index in [-0.39, 0.29) is 10.9 Å². The highest BCUT2D eigenvalue weighted by Crippen LogP contribution is 2.28. The average Bonchev–Trinajstić information content (AvgIpc) is 2.67. The van der Waals surface area contributed by atoms with Crippen molar-refractivity contribution in [2.24, 2.45) is 0 Å². The Labute approximate surface area is 96.6 Å². The summed E-state index contributed by atoms with van der Waals surface area (Å²) in [5.74, 6) is 0.536. The molecule has 0 aromatic carbocycles. The van der Waals surface area contributed by atoms with Crippen molar-refractivity contribution in [2.75, 3.05) is 0 Å². The Morgan fingerprint density at radius 2 is 2.38 bits per heavy atom. The fourth-order valence-corrected chi connectivity index (χ4v) is 1.32. The Bertz CT molecular complexity index is 558. The van der Waals surface area contributed by atoms with Gasteiger partial charge in [0.2, 0.25) is 11.8 Å². The number of hydrogen-bond acceptors (Lipinski definition) is 4. The number of rotatable bonds is 2. The fourth-order valence-electron chi connectivity index (χ4n) is 1.13. The van der Waals surface area contributed by atoms with Crippen LogP contribution in [0.1, 0.15) is 11.3 Å². The second-order valence-electron chi connectivity index (χ2n) is 3.08. The molecular formula is C10H7ClN4O. The van der Waals surface area contributed by atoms with E-state index >= 15 is 0 Å². The van der Waals surface area contributed by atoms with E-state index in [1.165, 1.54) is 12.3 Å². The van der Waals surface area contributed by atoms with E-state index in [1.807, 2.05) is 13.0 Å². The summed E-state index contributed by atoms with van der Waals surface area (Å²) in [5, 5.41) is 15.6. The molecule has 2 aromatic heterocycles. The highest BCUT2D eigenvalue weighted by atomic mass is 35.5. The van der Waals surface area contributed by atoms with E-state index in [9.17, 15) is 0 Å². The summed E-state index contributed by atoms with van der Waals surface area (Å²) in [5.41, 5.74) is 1.18. The summed E-state index contributed by atoms with van der Waals surface area (Å²) in [6, 6.07) is 5.17. The van der Waals surface area contributed by atoms with Crippen LogP contribution in [0.25, 0.3) is 0 Å². The molecule has 2 aromatic rings. The van der Waals surface area contributed by atoms with Crippen LogP contribution < -0.4 is 4.74 Å². The smallest absolute Gasteiger partial charge is 0.241 e. The van der Waals surface area contributed by atoms with Gasteiger partial charge in [0.15, 0.2) is 0 Å². The van der Waals surface area contributed by atoms with Crippen LogP contribution in [0.15, 0.2) is 18.3 Å². The van der Waals surface area contributed by atoms with E-state index in [1.54, 1.807) is 6.07 Å². The fraction of sp³-hybridized carbons (Fsp3) is 0.100. The van der Waals surface area contributed by atoms with Crippen molar-refractivity contribution >= 4 is 11.6 Å². The van der Waals surface area contributed by atoms with Gasteiger partial charge in [-0.1, -0.05) is 11.6 Å². The Hall–Kier alpha value is -2.06. The van der Waals surface area contributed by atoms with Crippen LogP contribution in [0.2, 0.25) is 5.02 Å². The average molecular weight is 235 g/mol. The first-order chi connectivity index (χ1) is 7.70. The molecule has 0 atom stereocenters. The normalized spacial score (nSPS) is 9.81. The first kappa shape index (κ1) is 10.5. The van der Waals surface area contributed by atoms with Gasteiger partial charge in [0.1, 0.15) is 11.1 Å². The minimum absolute atomic E-state index is 0.173. The molecule has 0 saturated heterocycles. The van der Waals surface area contributed by atoms with E-state index < -0.39 is 0 Å². The lowest BCUT2D eigenvalue weighted by molar-refractivity contribution is 0.443. The SMILES string of the molecule is Cc1cc(Oc2nccc(C#N)c2Cl)n[nH]1. The molecule has 0 aliphatic carbocycles. The summed E-state index contributed by atoms with van der Waals surface area (Å²) >= 11 is 5.92. The minimum atomic E-state index is 0.173. The number of hydrogen-bond donors (Lipinski definition) is 1. The van der Waals surface area contributed by atoms with Crippen molar-refractivity contribution in [3.8, 4) is 17.8 Å². The molecule has 5 nitrogen and oxygen atoms in total. The maximum atomic E-state index is 8.77. The van der Waals surface area contributed by atoms with E-state index in [0.29, 0.717) is 11.4 Å². The van der Waals surface area contributed by atoms with Crippen LogP contribution in [0.5, 0.6) is 11.8 Å². The zero-order valence-electron chi connectivity index (χ0n) is 8.36. The number of aromatic amines is 1. The van der Waals surface area contributed by atoms with Gasteiger partial charge >= 0.3 is 0 Å². The molecule has 0 unspecified atom stereocenters. The summed E-state index contributed by atoms with van der Waals surface area (Å²) < 4.78 is 5.34. The van der Waals surface area contributed by atoms with Crippen molar-refractivity contribution in [2.45, 2.75) is 6.92 Å². The molecule has 0 saturated carbocycles. The van der Waals surface area contributed by atoms with E-state index in [2.05, 4.69) is 15.2 Å². The lowest BCUT2D eigenvalue weighted by Gasteiger charge is -2.03. The Morgan fingerprint density at radius 3 is 3.00 bits per heavy atom. The maximum absolute atomic E-state index is 8.77. The van der Waals surface area contributed by atoms with Gasteiger partial charge in [-0.15, -0.1) is 5.10 Å². The summed E-state index contributed by atoms with van der Waals surface area (Å²) in [4.78, 5) is 3.93. The molecule has 0 fully saturated rings. The number of aromatic nitrogens is 3. The molecule has 0 amide bonds. The van der Waals surface area contributed by atoms with Gasteiger partial charge < -0.3 is 4.74 Å². The van der Waals surface area contributed by atoms with Crippen LogP contribution in [0.3, 0.4) is 0 Å². The second kappa shape index (κ2) is 4.21. The van der Waals surface area contributed by atoms with Crippen molar-refractivity contribution < 1.29 is 4.74 Å². The molecular weight excluding hydrogens is 228 g/mol. The maximum Gasteiger partial charge on any atom is 0.241 e.